The first-order chi connectivity index (χ1) is 20.3. The molecule has 42 heavy (non-hydrogen) atoms. The van der Waals surface area contributed by atoms with E-state index in [2.05, 4.69) is 33.9 Å². The molecule has 0 saturated carbocycles. The van der Waals surface area contributed by atoms with Crippen molar-refractivity contribution < 1.29 is 47.1 Å². The van der Waals surface area contributed by atoms with Gasteiger partial charge in [0.1, 0.15) is 0 Å². The average molecular weight is 647 g/mol. The molecule has 0 heterocycles. The minimum absolute atomic E-state index is 0.221. The molecule has 0 radical (unpaired) electrons. The molecule has 0 N–H and O–H groups in total. The lowest BCUT2D eigenvalue weighted by Crippen LogP contribution is -2.41. The van der Waals surface area contributed by atoms with E-state index in [4.69, 9.17) is 58.7 Å². The third-order valence-electron chi connectivity index (χ3n) is 6.65. The SMILES string of the molecule is CC(C)(C)[Si](C)(C)OCCOCCOCCOCCOCCOCCOCCOCCOCCOCCCCCCCl. The van der Waals surface area contributed by atoms with Gasteiger partial charge in [0.2, 0.25) is 0 Å². The van der Waals surface area contributed by atoms with Gasteiger partial charge in [-0.3, -0.25) is 0 Å². The van der Waals surface area contributed by atoms with E-state index < -0.39 is 8.32 Å². The van der Waals surface area contributed by atoms with Crippen molar-refractivity contribution in [1.29, 1.82) is 0 Å². The van der Waals surface area contributed by atoms with E-state index >= 15 is 0 Å². The maximum atomic E-state index is 6.08. The van der Waals surface area contributed by atoms with Gasteiger partial charge in [-0.05, 0) is 31.0 Å². The Balaban J connectivity index is 3.12. The minimum atomic E-state index is -1.69. The van der Waals surface area contributed by atoms with Crippen molar-refractivity contribution in [1.82, 2.24) is 0 Å². The molecule has 0 amide bonds. The maximum absolute atomic E-state index is 6.08. The number of halogens is 1. The Morgan fingerprint density at radius 1 is 0.381 bits per heavy atom. The monoisotopic (exact) mass is 646 g/mol. The van der Waals surface area contributed by atoms with E-state index in [0.717, 1.165) is 25.3 Å². The fourth-order valence-electron chi connectivity index (χ4n) is 3.09. The highest BCUT2D eigenvalue weighted by atomic mass is 35.5. The lowest BCUT2D eigenvalue weighted by atomic mass is 10.2. The van der Waals surface area contributed by atoms with Crippen LogP contribution in [0.4, 0.5) is 0 Å². The molecule has 0 aliphatic rings. The Hall–Kier alpha value is 0.107. The quantitative estimate of drug-likeness (QED) is 0.0543. The van der Waals surface area contributed by atoms with E-state index in [-0.39, 0.29) is 5.04 Å². The molecule has 10 nitrogen and oxygen atoms in total. The third-order valence-corrected chi connectivity index (χ3v) is 11.5. The average Bonchev–Trinajstić information content (AvgIpc) is 2.95. The highest BCUT2D eigenvalue weighted by molar-refractivity contribution is 6.74. The summed E-state index contributed by atoms with van der Waals surface area (Å²) in [5.41, 5.74) is 0. The van der Waals surface area contributed by atoms with E-state index in [1.54, 1.807) is 0 Å². The van der Waals surface area contributed by atoms with Gasteiger partial charge in [0.15, 0.2) is 8.32 Å². The second-order valence-corrected chi connectivity index (χ2v) is 16.4. The highest BCUT2D eigenvalue weighted by Crippen LogP contribution is 2.36. The van der Waals surface area contributed by atoms with Gasteiger partial charge in [0.25, 0.3) is 0 Å². The first-order valence-corrected chi connectivity index (χ1v) is 19.1. The van der Waals surface area contributed by atoms with Crippen LogP contribution in [0.3, 0.4) is 0 Å². The van der Waals surface area contributed by atoms with Crippen LogP contribution in [0.2, 0.25) is 18.1 Å². The Morgan fingerprint density at radius 2 is 0.643 bits per heavy atom. The third kappa shape index (κ3) is 30.1. The Morgan fingerprint density at radius 3 is 0.929 bits per heavy atom. The Labute approximate surface area is 262 Å². The molecule has 0 unspecified atom stereocenters. The van der Waals surface area contributed by atoms with Crippen molar-refractivity contribution in [2.75, 3.05) is 131 Å². The molecule has 0 rings (SSSR count). The number of hydrogen-bond donors (Lipinski definition) is 0. The Kier molecular flexibility index (Phi) is 31.2. The number of unbranched alkanes of at least 4 members (excludes halogenated alkanes) is 3. The summed E-state index contributed by atoms with van der Waals surface area (Å²) in [5, 5.41) is 0.221. The zero-order chi connectivity index (χ0) is 31.0. The van der Waals surface area contributed by atoms with Crippen LogP contribution < -0.4 is 0 Å². The second kappa shape index (κ2) is 31.1. The molecular weight excluding hydrogens is 584 g/mol. The van der Waals surface area contributed by atoms with Gasteiger partial charge in [0.05, 0.1) is 119 Å². The van der Waals surface area contributed by atoms with Crippen LogP contribution in [-0.2, 0) is 47.1 Å². The molecular formula is C30H63ClO10Si. The van der Waals surface area contributed by atoms with Crippen LogP contribution >= 0.6 is 11.6 Å². The summed E-state index contributed by atoms with van der Waals surface area (Å²) in [4.78, 5) is 0. The van der Waals surface area contributed by atoms with Gasteiger partial charge in [-0.25, -0.2) is 0 Å². The maximum Gasteiger partial charge on any atom is 0.192 e. The number of alkyl halides is 1. The van der Waals surface area contributed by atoms with Gasteiger partial charge in [-0.1, -0.05) is 33.6 Å². The summed E-state index contributed by atoms with van der Waals surface area (Å²) in [6.45, 7) is 22.0. The predicted molar refractivity (Wildman–Crippen MR) is 170 cm³/mol. The molecule has 0 aromatic rings. The first-order valence-electron chi connectivity index (χ1n) is 15.7. The van der Waals surface area contributed by atoms with Gasteiger partial charge < -0.3 is 47.1 Å². The molecule has 254 valence electrons. The molecule has 0 saturated heterocycles. The molecule has 0 aromatic carbocycles. The molecule has 0 aromatic heterocycles. The van der Waals surface area contributed by atoms with Crippen LogP contribution in [-0.4, -0.2) is 140 Å². The zero-order valence-corrected chi connectivity index (χ0v) is 29.2. The van der Waals surface area contributed by atoms with E-state index in [1.807, 2.05) is 0 Å². The van der Waals surface area contributed by atoms with E-state index in [0.29, 0.717) is 119 Å². The summed E-state index contributed by atoms with van der Waals surface area (Å²) in [5.74, 6) is 0.747. The number of hydrogen-bond acceptors (Lipinski definition) is 10. The smallest absolute Gasteiger partial charge is 0.192 e. The van der Waals surface area contributed by atoms with Crippen molar-refractivity contribution >= 4 is 19.9 Å². The first kappa shape index (κ1) is 42.1. The standard InChI is InChI=1S/C30H63ClO10Si/c1-30(2,3)42(4,5)41-29-28-40-27-26-39-25-24-38-23-22-37-21-20-36-19-18-35-17-16-34-15-14-33-13-12-32-11-9-7-6-8-10-31/h6-29H2,1-5H3. The fraction of sp³-hybridized carbons (Fsp3) is 1.00. The molecule has 0 atom stereocenters. The predicted octanol–water partition coefficient (Wildman–Crippen LogP) is 4.96. The van der Waals surface area contributed by atoms with Crippen LogP contribution in [0.25, 0.3) is 0 Å². The summed E-state index contributed by atoms with van der Waals surface area (Å²) in [6, 6.07) is 0. The molecule has 0 bridgehead atoms. The second-order valence-electron chi connectivity index (χ2n) is 11.2. The zero-order valence-electron chi connectivity index (χ0n) is 27.4. The summed E-state index contributed by atoms with van der Waals surface area (Å²) < 4.78 is 55.6. The molecule has 0 spiro atoms. The summed E-state index contributed by atoms with van der Waals surface area (Å²) in [7, 11) is -1.69. The van der Waals surface area contributed by atoms with Crippen LogP contribution in [0.5, 0.6) is 0 Å². The van der Waals surface area contributed by atoms with Crippen molar-refractivity contribution in [3.8, 4) is 0 Å². The topological polar surface area (TPSA) is 92.3 Å². The molecule has 0 aliphatic heterocycles. The summed E-state index contributed by atoms with van der Waals surface area (Å²) in [6.07, 6.45) is 4.51. The minimum Gasteiger partial charge on any atom is -0.414 e. The van der Waals surface area contributed by atoms with Gasteiger partial charge >= 0.3 is 0 Å². The Bertz CT molecular complexity index is 541. The summed E-state index contributed by atoms with van der Waals surface area (Å²) >= 11 is 5.65. The van der Waals surface area contributed by atoms with Crippen LogP contribution in [0.1, 0.15) is 46.5 Å². The lowest BCUT2D eigenvalue weighted by Gasteiger charge is -2.36. The number of rotatable bonds is 34. The van der Waals surface area contributed by atoms with Gasteiger partial charge in [-0.2, -0.15) is 0 Å². The normalized spacial score (nSPS) is 12.4. The largest absolute Gasteiger partial charge is 0.414 e. The number of ether oxygens (including phenoxy) is 9. The van der Waals surface area contributed by atoms with Crippen LogP contribution in [0, 0.1) is 0 Å². The van der Waals surface area contributed by atoms with Crippen molar-refractivity contribution in [3.63, 3.8) is 0 Å². The highest BCUT2D eigenvalue weighted by Gasteiger charge is 2.36. The van der Waals surface area contributed by atoms with E-state index in [9.17, 15) is 0 Å². The van der Waals surface area contributed by atoms with Gasteiger partial charge in [0, 0.05) is 12.5 Å². The van der Waals surface area contributed by atoms with Crippen LogP contribution in [0.15, 0.2) is 0 Å². The fourth-order valence-corrected chi connectivity index (χ4v) is 4.30. The molecule has 12 heteroatoms. The van der Waals surface area contributed by atoms with Crippen molar-refractivity contribution in [2.45, 2.75) is 64.6 Å². The molecule has 0 aliphatic carbocycles. The van der Waals surface area contributed by atoms with Crippen molar-refractivity contribution in [2.24, 2.45) is 0 Å². The van der Waals surface area contributed by atoms with E-state index in [1.165, 1.54) is 12.8 Å². The molecule has 0 fully saturated rings. The lowest BCUT2D eigenvalue weighted by molar-refractivity contribution is -0.0254. The van der Waals surface area contributed by atoms with Gasteiger partial charge in [-0.15, -0.1) is 11.6 Å². The van der Waals surface area contributed by atoms with Crippen molar-refractivity contribution in [3.05, 3.63) is 0 Å².